The lowest BCUT2D eigenvalue weighted by Crippen LogP contribution is -2.28. The molecule has 0 aliphatic heterocycles. The number of halogens is 1. The molecular weight excluding hydrogens is 298 g/mol. The Morgan fingerprint density at radius 3 is 2.77 bits per heavy atom. The number of amides is 1. The van der Waals surface area contributed by atoms with E-state index in [9.17, 15) is 4.79 Å². The van der Waals surface area contributed by atoms with Crippen LogP contribution in [0.25, 0.3) is 0 Å². The summed E-state index contributed by atoms with van der Waals surface area (Å²) in [5, 5.41) is 6.79. The summed E-state index contributed by atoms with van der Waals surface area (Å²) in [5.41, 5.74) is 3.18. The maximum absolute atomic E-state index is 12.1. The van der Waals surface area contributed by atoms with Gasteiger partial charge in [-0.25, -0.2) is 0 Å². The van der Waals surface area contributed by atoms with E-state index in [0.29, 0.717) is 23.2 Å². The molecule has 0 saturated carbocycles. The molecule has 0 radical (unpaired) electrons. The normalized spacial score (nSPS) is 10.6. The quantitative estimate of drug-likeness (QED) is 0.870. The van der Waals surface area contributed by atoms with E-state index >= 15 is 0 Å². The molecule has 0 atom stereocenters. The van der Waals surface area contributed by atoms with E-state index in [1.54, 1.807) is 12.3 Å². The van der Waals surface area contributed by atoms with Gasteiger partial charge in [-0.3, -0.25) is 9.78 Å². The predicted molar refractivity (Wildman–Crippen MR) is 90.9 cm³/mol. The van der Waals surface area contributed by atoms with Crippen LogP contribution in [-0.2, 0) is 0 Å². The van der Waals surface area contributed by atoms with Crippen LogP contribution < -0.4 is 10.6 Å². The summed E-state index contributed by atoms with van der Waals surface area (Å²) in [5.74, 6) is 0.236. The van der Waals surface area contributed by atoms with E-state index in [1.807, 2.05) is 45.0 Å². The third-order valence-electron chi connectivity index (χ3n) is 3.14. The lowest BCUT2D eigenvalue weighted by atomic mass is 10.2. The number of nitrogens with zero attached hydrogens (tertiary/aromatic N) is 1. The van der Waals surface area contributed by atoms with Gasteiger partial charge in [0.1, 0.15) is 5.69 Å². The lowest BCUT2D eigenvalue weighted by Gasteiger charge is -2.11. The zero-order chi connectivity index (χ0) is 16.1. The van der Waals surface area contributed by atoms with E-state index in [4.69, 9.17) is 11.6 Å². The fourth-order valence-electron chi connectivity index (χ4n) is 1.90. The van der Waals surface area contributed by atoms with Crippen LogP contribution in [0.5, 0.6) is 0 Å². The highest BCUT2D eigenvalue weighted by molar-refractivity contribution is 6.30. The SMILES string of the molecule is Cc1ccc(Cl)cc1Nc1ccnc(C(=O)NCC(C)C)c1. The van der Waals surface area contributed by atoms with Crippen LogP contribution in [0.15, 0.2) is 36.5 Å². The van der Waals surface area contributed by atoms with Crippen LogP contribution >= 0.6 is 11.6 Å². The molecule has 1 amide bonds. The molecule has 0 fully saturated rings. The summed E-state index contributed by atoms with van der Waals surface area (Å²) in [4.78, 5) is 16.2. The molecule has 5 heteroatoms. The monoisotopic (exact) mass is 317 g/mol. The Morgan fingerprint density at radius 2 is 2.05 bits per heavy atom. The molecule has 2 N–H and O–H groups in total. The predicted octanol–water partition coefficient (Wildman–Crippen LogP) is 4.17. The molecule has 1 heterocycles. The van der Waals surface area contributed by atoms with Crippen LogP contribution in [0.1, 0.15) is 29.9 Å². The Balaban J connectivity index is 2.14. The van der Waals surface area contributed by atoms with E-state index in [1.165, 1.54) is 0 Å². The van der Waals surface area contributed by atoms with Gasteiger partial charge in [0, 0.05) is 29.1 Å². The second-order valence-electron chi connectivity index (χ2n) is 5.62. The molecule has 0 unspecified atom stereocenters. The molecular formula is C17H20ClN3O. The molecule has 0 aliphatic carbocycles. The maximum Gasteiger partial charge on any atom is 0.269 e. The van der Waals surface area contributed by atoms with Gasteiger partial charge in [-0.05, 0) is 42.7 Å². The lowest BCUT2D eigenvalue weighted by molar-refractivity contribution is 0.0944. The maximum atomic E-state index is 12.1. The number of aryl methyl sites for hydroxylation is 1. The Bertz CT molecular complexity index is 671. The Hall–Kier alpha value is -2.07. The van der Waals surface area contributed by atoms with Crippen molar-refractivity contribution in [2.45, 2.75) is 20.8 Å². The van der Waals surface area contributed by atoms with Crippen molar-refractivity contribution in [1.29, 1.82) is 0 Å². The number of nitrogens with one attached hydrogen (secondary N) is 2. The number of rotatable bonds is 5. The van der Waals surface area contributed by atoms with Crippen molar-refractivity contribution in [2.75, 3.05) is 11.9 Å². The molecule has 0 spiro atoms. The first-order valence-electron chi connectivity index (χ1n) is 7.23. The molecule has 0 bridgehead atoms. The molecule has 4 nitrogen and oxygen atoms in total. The third kappa shape index (κ3) is 4.46. The number of aromatic nitrogens is 1. The van der Waals surface area contributed by atoms with Crippen molar-refractivity contribution in [2.24, 2.45) is 5.92 Å². The van der Waals surface area contributed by atoms with Gasteiger partial charge in [0.25, 0.3) is 5.91 Å². The molecule has 22 heavy (non-hydrogen) atoms. The number of carbonyl (C=O) groups is 1. The average molecular weight is 318 g/mol. The number of hydrogen-bond acceptors (Lipinski definition) is 3. The zero-order valence-corrected chi connectivity index (χ0v) is 13.7. The molecule has 0 saturated heterocycles. The number of hydrogen-bond donors (Lipinski definition) is 2. The second kappa shape index (κ2) is 7.27. The van der Waals surface area contributed by atoms with Gasteiger partial charge in [0.15, 0.2) is 0 Å². The van der Waals surface area contributed by atoms with Crippen LogP contribution in [0.2, 0.25) is 5.02 Å². The van der Waals surface area contributed by atoms with E-state index < -0.39 is 0 Å². The van der Waals surface area contributed by atoms with Crippen molar-refractivity contribution in [1.82, 2.24) is 10.3 Å². The van der Waals surface area contributed by atoms with Gasteiger partial charge in [0.05, 0.1) is 0 Å². The van der Waals surface area contributed by atoms with Gasteiger partial charge in [-0.15, -0.1) is 0 Å². The Morgan fingerprint density at radius 1 is 1.27 bits per heavy atom. The van der Waals surface area contributed by atoms with Crippen LogP contribution in [-0.4, -0.2) is 17.4 Å². The van der Waals surface area contributed by atoms with Crippen molar-refractivity contribution in [3.8, 4) is 0 Å². The molecule has 2 aromatic rings. The van der Waals surface area contributed by atoms with Gasteiger partial charge in [-0.1, -0.05) is 31.5 Å². The van der Waals surface area contributed by atoms with E-state index in [0.717, 1.165) is 16.9 Å². The summed E-state index contributed by atoms with van der Waals surface area (Å²) in [6.07, 6.45) is 1.62. The topological polar surface area (TPSA) is 54.0 Å². The largest absolute Gasteiger partial charge is 0.355 e. The molecule has 1 aromatic carbocycles. The van der Waals surface area contributed by atoms with Gasteiger partial charge >= 0.3 is 0 Å². The van der Waals surface area contributed by atoms with Gasteiger partial charge < -0.3 is 10.6 Å². The third-order valence-corrected chi connectivity index (χ3v) is 3.38. The minimum atomic E-state index is -0.167. The van der Waals surface area contributed by atoms with Crippen molar-refractivity contribution in [3.05, 3.63) is 52.8 Å². The molecule has 1 aromatic heterocycles. The van der Waals surface area contributed by atoms with Crippen LogP contribution in [0, 0.1) is 12.8 Å². The first kappa shape index (κ1) is 16.3. The van der Waals surface area contributed by atoms with Crippen molar-refractivity contribution < 1.29 is 4.79 Å². The van der Waals surface area contributed by atoms with Crippen molar-refractivity contribution >= 4 is 28.9 Å². The molecule has 116 valence electrons. The van der Waals surface area contributed by atoms with E-state index in [2.05, 4.69) is 15.6 Å². The van der Waals surface area contributed by atoms with Gasteiger partial charge in [0.2, 0.25) is 0 Å². The fourth-order valence-corrected chi connectivity index (χ4v) is 2.08. The zero-order valence-electron chi connectivity index (χ0n) is 13.0. The average Bonchev–Trinajstić information content (AvgIpc) is 2.49. The van der Waals surface area contributed by atoms with Crippen molar-refractivity contribution in [3.63, 3.8) is 0 Å². The number of benzene rings is 1. The molecule has 0 aliphatic rings. The van der Waals surface area contributed by atoms with Crippen LogP contribution in [0.3, 0.4) is 0 Å². The number of anilines is 2. The summed E-state index contributed by atoms with van der Waals surface area (Å²) in [6, 6.07) is 9.20. The summed E-state index contributed by atoms with van der Waals surface area (Å²) < 4.78 is 0. The first-order valence-corrected chi connectivity index (χ1v) is 7.61. The van der Waals surface area contributed by atoms with Gasteiger partial charge in [-0.2, -0.15) is 0 Å². The minimum Gasteiger partial charge on any atom is -0.355 e. The Labute approximate surface area is 135 Å². The number of pyridine rings is 1. The highest BCUT2D eigenvalue weighted by Gasteiger charge is 2.09. The summed E-state index contributed by atoms with van der Waals surface area (Å²) in [6.45, 7) is 6.73. The minimum absolute atomic E-state index is 0.167. The second-order valence-corrected chi connectivity index (χ2v) is 6.05. The van der Waals surface area contributed by atoms with E-state index in [-0.39, 0.29) is 5.91 Å². The first-order chi connectivity index (χ1) is 10.5. The highest BCUT2D eigenvalue weighted by Crippen LogP contribution is 2.24. The van der Waals surface area contributed by atoms with Crippen LogP contribution in [0.4, 0.5) is 11.4 Å². The number of carbonyl (C=O) groups excluding carboxylic acids is 1. The summed E-state index contributed by atoms with van der Waals surface area (Å²) >= 11 is 6.02. The standard InChI is InChI=1S/C17H20ClN3O/c1-11(2)10-20-17(22)16-9-14(6-7-19-16)21-15-8-13(18)5-4-12(15)3/h4-9,11H,10H2,1-3H3,(H,19,21)(H,20,22). The smallest absolute Gasteiger partial charge is 0.269 e. The summed E-state index contributed by atoms with van der Waals surface area (Å²) in [7, 11) is 0. The molecule has 2 rings (SSSR count). The fraction of sp³-hybridized carbons (Fsp3) is 0.294. The Kier molecular flexibility index (Phi) is 5.39. The highest BCUT2D eigenvalue weighted by atomic mass is 35.5.